The van der Waals surface area contributed by atoms with Crippen LogP contribution >= 0.6 is 23.4 Å². The molecule has 1 aliphatic rings. The lowest BCUT2D eigenvalue weighted by molar-refractivity contribution is -0.119. The Hall–Kier alpha value is -3.38. The van der Waals surface area contributed by atoms with Crippen molar-refractivity contribution in [3.8, 4) is 11.5 Å². The molecule has 2 N–H and O–H groups in total. The Bertz CT molecular complexity index is 1420. The third-order valence-corrected chi connectivity index (χ3v) is 6.87. The lowest BCUT2D eigenvalue weighted by Gasteiger charge is -2.25. The third-order valence-electron chi connectivity index (χ3n) is 5.91. The van der Waals surface area contributed by atoms with Gasteiger partial charge in [-0.15, -0.1) is 22.0 Å². The van der Waals surface area contributed by atoms with Crippen molar-refractivity contribution in [3.05, 3.63) is 52.8 Å². The Morgan fingerprint density at radius 2 is 1.90 bits per heavy atom. The van der Waals surface area contributed by atoms with E-state index in [1.165, 1.54) is 36.0 Å². The molecule has 2 aromatic heterocycles. The number of rotatable bonds is 11. The zero-order chi connectivity index (χ0) is 29.0. The van der Waals surface area contributed by atoms with Gasteiger partial charge >= 0.3 is 0 Å². The molecule has 40 heavy (non-hydrogen) atoms. The average Bonchev–Trinajstić information content (AvgIpc) is 3.77. The summed E-state index contributed by atoms with van der Waals surface area (Å²) in [5, 5.41) is 12.2. The van der Waals surface area contributed by atoms with Gasteiger partial charge < -0.3 is 20.1 Å². The van der Waals surface area contributed by atoms with Gasteiger partial charge in [0.2, 0.25) is 5.91 Å². The molecule has 1 saturated carbocycles. The number of nitrogens with one attached hydrogen (secondary N) is 2. The fraction of sp³-hybridized carbons (Fsp3) is 0.320. The van der Waals surface area contributed by atoms with Gasteiger partial charge in [0.05, 0.1) is 59.9 Å². The summed E-state index contributed by atoms with van der Waals surface area (Å²) >= 11 is 7.51. The van der Waals surface area contributed by atoms with Gasteiger partial charge in [0.25, 0.3) is 5.91 Å². The van der Waals surface area contributed by atoms with E-state index in [1.54, 1.807) is 25.3 Å². The van der Waals surface area contributed by atoms with Gasteiger partial charge in [0, 0.05) is 29.8 Å². The molecule has 0 spiro atoms. The highest BCUT2D eigenvalue weighted by Gasteiger charge is 2.35. The summed E-state index contributed by atoms with van der Waals surface area (Å²) in [4.78, 5) is 33.0. The zero-order valence-corrected chi connectivity index (χ0v) is 23.7. The highest BCUT2D eigenvalue weighted by Crippen LogP contribution is 2.36. The number of thioether (sulfide) groups is 1. The number of benzene rings is 1. The number of carbonyl (C=O) groups is 2. The van der Waals surface area contributed by atoms with Crippen molar-refractivity contribution in [1.29, 1.82) is 0 Å². The Kier molecular flexibility index (Phi) is 9.20. The summed E-state index contributed by atoms with van der Waals surface area (Å²) in [5.41, 5.74) is 0.741. The molecule has 200 valence electrons. The number of aromatic nitrogens is 3. The maximum atomic E-state index is 13.5. The second-order valence-electron chi connectivity index (χ2n) is 9.06. The van der Waals surface area contributed by atoms with Crippen LogP contribution in [0.15, 0.2) is 41.4 Å². The summed E-state index contributed by atoms with van der Waals surface area (Å²) in [6.07, 6.45) is 4.85. The van der Waals surface area contributed by atoms with Crippen LogP contribution in [0.25, 0.3) is 0 Å². The van der Waals surface area contributed by atoms with Crippen LogP contribution in [0, 0.1) is 5.92 Å². The molecule has 0 saturated heterocycles. The first-order valence-electron chi connectivity index (χ1n) is 12.1. The molecule has 0 atom stereocenters. The van der Waals surface area contributed by atoms with Crippen LogP contribution in [-0.2, 0) is 11.3 Å². The SMILES string of the molecule is [B]C([B])([B])NC(=O)c1nnc(N(Cc2ccc(OC)cc2OC)C(=O)C2CC2)cc1Nc1ncc(Cl)cc1SC. The van der Waals surface area contributed by atoms with Crippen molar-refractivity contribution in [2.45, 2.75) is 29.5 Å². The van der Waals surface area contributed by atoms with Crippen molar-refractivity contribution in [1.82, 2.24) is 20.5 Å². The minimum atomic E-state index is -2.00. The molecule has 0 aliphatic heterocycles. The third kappa shape index (κ3) is 7.22. The number of nitrogens with zero attached hydrogens (tertiary/aromatic N) is 4. The molecular weight excluding hydrogens is 548 g/mol. The summed E-state index contributed by atoms with van der Waals surface area (Å²) in [6, 6.07) is 8.57. The van der Waals surface area contributed by atoms with E-state index in [4.69, 9.17) is 44.6 Å². The Balaban J connectivity index is 1.79. The smallest absolute Gasteiger partial charge is 0.272 e. The maximum Gasteiger partial charge on any atom is 0.272 e. The number of hydrogen-bond donors (Lipinski definition) is 2. The number of methoxy groups -OCH3 is 2. The van der Waals surface area contributed by atoms with Crippen LogP contribution in [0.2, 0.25) is 5.02 Å². The highest BCUT2D eigenvalue weighted by molar-refractivity contribution is 7.98. The first-order valence-corrected chi connectivity index (χ1v) is 13.7. The van der Waals surface area contributed by atoms with Gasteiger partial charge in [0.1, 0.15) is 17.3 Å². The van der Waals surface area contributed by atoms with Crippen molar-refractivity contribution in [2.75, 3.05) is 30.7 Å². The topological polar surface area (TPSA) is 119 Å². The van der Waals surface area contributed by atoms with Crippen LogP contribution in [0.4, 0.5) is 17.3 Å². The van der Waals surface area contributed by atoms with Crippen LogP contribution in [0.3, 0.4) is 0 Å². The number of halogens is 1. The van der Waals surface area contributed by atoms with Crippen LogP contribution < -0.4 is 25.0 Å². The quantitative estimate of drug-likeness (QED) is 0.264. The van der Waals surface area contributed by atoms with E-state index in [0.717, 1.165) is 18.4 Å². The lowest BCUT2D eigenvalue weighted by Crippen LogP contribution is -2.50. The molecule has 0 unspecified atom stereocenters. The normalized spacial score (nSPS) is 12.9. The van der Waals surface area contributed by atoms with E-state index in [-0.39, 0.29) is 35.6 Å². The van der Waals surface area contributed by atoms with E-state index in [0.29, 0.717) is 27.2 Å². The summed E-state index contributed by atoms with van der Waals surface area (Å²) in [5.74, 6) is 0.696. The van der Waals surface area contributed by atoms with E-state index >= 15 is 0 Å². The summed E-state index contributed by atoms with van der Waals surface area (Å²) < 4.78 is 10.8. The molecule has 10 nitrogen and oxygen atoms in total. The van der Waals surface area contributed by atoms with E-state index < -0.39 is 11.1 Å². The Morgan fingerprint density at radius 1 is 1.15 bits per heavy atom. The predicted octanol–water partition coefficient (Wildman–Crippen LogP) is 2.80. The van der Waals surface area contributed by atoms with Crippen molar-refractivity contribution < 1.29 is 19.1 Å². The molecule has 1 aliphatic carbocycles. The number of carbonyl (C=O) groups excluding carboxylic acids is 2. The zero-order valence-electron chi connectivity index (χ0n) is 22.1. The first-order chi connectivity index (χ1) is 19.0. The second-order valence-corrected chi connectivity index (χ2v) is 10.3. The van der Waals surface area contributed by atoms with E-state index in [9.17, 15) is 9.59 Å². The van der Waals surface area contributed by atoms with E-state index in [1.807, 2.05) is 12.3 Å². The van der Waals surface area contributed by atoms with E-state index in [2.05, 4.69) is 25.8 Å². The molecule has 4 rings (SSSR count). The van der Waals surface area contributed by atoms with Crippen LogP contribution in [-0.4, -0.2) is 76.2 Å². The minimum absolute atomic E-state index is 0.130. The molecule has 15 heteroatoms. The number of ether oxygens (including phenoxy) is 2. The van der Waals surface area contributed by atoms with Gasteiger partial charge in [-0.05, 0) is 37.3 Å². The average molecular weight is 572 g/mol. The fourth-order valence-corrected chi connectivity index (χ4v) is 4.57. The standard InChI is InChI=1S/C25H24B3ClN6O4S/c1-38-16-7-6-14(18(9-16)39-2)12-35(24(37)13-4-5-13)20-10-17(21(34-33-20)23(36)32-25(26,27)28)31-22-19(40-3)8-15(29)11-30-22/h6-11,13H,4-5,12H2,1-3H3,(H,32,36)(H,30,31,33). The lowest BCUT2D eigenvalue weighted by atomic mass is 9.49. The molecule has 6 radical (unpaired) electrons. The number of hydrogen-bond acceptors (Lipinski definition) is 9. The number of pyridine rings is 1. The molecule has 2 amide bonds. The van der Waals surface area contributed by atoms with Crippen molar-refractivity contribution in [2.24, 2.45) is 5.92 Å². The number of amides is 2. The van der Waals surface area contributed by atoms with Crippen LogP contribution in [0.5, 0.6) is 11.5 Å². The molecule has 0 bridgehead atoms. The molecule has 3 aromatic rings. The van der Waals surface area contributed by atoms with Gasteiger partial charge in [-0.2, -0.15) is 0 Å². The first kappa shape index (κ1) is 29.6. The predicted molar refractivity (Wildman–Crippen MR) is 157 cm³/mol. The van der Waals surface area contributed by atoms with Gasteiger partial charge in [-0.1, -0.05) is 16.8 Å². The van der Waals surface area contributed by atoms with Crippen molar-refractivity contribution in [3.63, 3.8) is 0 Å². The highest BCUT2D eigenvalue weighted by atomic mass is 35.5. The molecular formula is C25H24B3ClN6O4S. The van der Waals surface area contributed by atoms with Crippen molar-refractivity contribution >= 4 is 76.0 Å². The molecule has 2 heterocycles. The van der Waals surface area contributed by atoms with Gasteiger partial charge in [-0.3, -0.25) is 14.5 Å². The summed E-state index contributed by atoms with van der Waals surface area (Å²) in [6.45, 7) is 0.134. The molecule has 1 fully saturated rings. The minimum Gasteiger partial charge on any atom is -0.497 e. The summed E-state index contributed by atoms with van der Waals surface area (Å²) in [7, 11) is 19.8. The van der Waals surface area contributed by atoms with Gasteiger partial charge in [-0.25, -0.2) is 4.98 Å². The molecule has 1 aromatic carbocycles. The second kappa shape index (κ2) is 12.4. The fourth-order valence-electron chi connectivity index (χ4n) is 3.81. The Morgan fingerprint density at radius 3 is 2.52 bits per heavy atom. The maximum absolute atomic E-state index is 13.5. The number of anilines is 3. The van der Waals surface area contributed by atoms with Gasteiger partial charge in [0.15, 0.2) is 11.5 Å². The Labute approximate surface area is 245 Å². The van der Waals surface area contributed by atoms with Crippen LogP contribution in [0.1, 0.15) is 28.9 Å². The monoisotopic (exact) mass is 572 g/mol. The largest absolute Gasteiger partial charge is 0.497 e.